The Morgan fingerprint density at radius 3 is 2.69 bits per heavy atom. The van der Waals surface area contributed by atoms with E-state index in [4.69, 9.17) is 32.4 Å². The number of esters is 1. The molecule has 0 atom stereocenters. The number of amides is 2. The predicted molar refractivity (Wildman–Crippen MR) is 106 cm³/mol. The van der Waals surface area contributed by atoms with Crippen LogP contribution in [0.4, 0.5) is 5.82 Å². The largest absolute Gasteiger partial charge is 0.459 e. The maximum absolute atomic E-state index is 12.2. The Balaban J connectivity index is 1.45. The zero-order valence-electron chi connectivity index (χ0n) is 15.6. The number of ether oxygens (including phenoxy) is 1. The quantitative estimate of drug-likeness (QED) is 0.716. The number of aromatic nitrogens is 1. The number of furan rings is 1. The van der Waals surface area contributed by atoms with Gasteiger partial charge in [-0.3, -0.25) is 14.4 Å². The van der Waals surface area contributed by atoms with Crippen LogP contribution in [0.5, 0.6) is 0 Å². The highest BCUT2D eigenvalue weighted by Gasteiger charge is 2.30. The Morgan fingerprint density at radius 1 is 1.31 bits per heavy atom. The molecule has 0 aliphatic carbocycles. The molecule has 1 aliphatic rings. The Morgan fingerprint density at radius 2 is 2.03 bits per heavy atom. The lowest BCUT2D eigenvalue weighted by Gasteiger charge is -2.30. The molecule has 0 unspecified atom stereocenters. The number of hydrogen-bond donors (Lipinski definition) is 1. The lowest BCUT2D eigenvalue weighted by Crippen LogP contribution is -2.40. The van der Waals surface area contributed by atoms with Gasteiger partial charge in [-0.2, -0.15) is 0 Å². The van der Waals surface area contributed by atoms with E-state index in [0.29, 0.717) is 36.5 Å². The number of carbonyl (C=O) groups is 3. The summed E-state index contributed by atoms with van der Waals surface area (Å²) >= 11 is 12.0. The molecule has 1 fully saturated rings. The van der Waals surface area contributed by atoms with Crippen molar-refractivity contribution >= 4 is 46.8 Å². The van der Waals surface area contributed by atoms with Gasteiger partial charge >= 0.3 is 5.97 Å². The normalized spacial score (nSPS) is 14.5. The Hall–Kier alpha value is -2.58. The number of anilines is 1. The number of nitrogens with zero attached hydrogens (tertiary/aromatic N) is 2. The molecule has 3 rings (SSSR count). The van der Waals surface area contributed by atoms with E-state index in [2.05, 4.69) is 10.3 Å². The molecular formula is C19H19Cl2N3O5. The average molecular weight is 440 g/mol. The van der Waals surface area contributed by atoms with E-state index in [-0.39, 0.29) is 28.4 Å². The van der Waals surface area contributed by atoms with Crippen molar-refractivity contribution in [3.63, 3.8) is 0 Å². The van der Waals surface area contributed by atoms with Gasteiger partial charge in [0.25, 0.3) is 11.8 Å². The lowest BCUT2D eigenvalue weighted by molar-refractivity contribution is -0.152. The Bertz CT molecular complexity index is 909. The highest BCUT2D eigenvalue weighted by atomic mass is 35.5. The fourth-order valence-corrected chi connectivity index (χ4v) is 3.33. The average Bonchev–Trinajstić information content (AvgIpc) is 3.27. The summed E-state index contributed by atoms with van der Waals surface area (Å²) in [6.45, 7) is 2.07. The summed E-state index contributed by atoms with van der Waals surface area (Å²) in [4.78, 5) is 42.1. The van der Waals surface area contributed by atoms with Crippen molar-refractivity contribution in [2.75, 3.05) is 25.0 Å². The van der Waals surface area contributed by atoms with Crippen LogP contribution >= 0.6 is 23.2 Å². The van der Waals surface area contributed by atoms with Crippen LogP contribution in [0.2, 0.25) is 10.0 Å². The van der Waals surface area contributed by atoms with Gasteiger partial charge in [-0.15, -0.1) is 0 Å². The second kappa shape index (κ2) is 9.28. The second-order valence-electron chi connectivity index (χ2n) is 6.59. The summed E-state index contributed by atoms with van der Waals surface area (Å²) in [7, 11) is 0. The molecule has 2 amide bonds. The van der Waals surface area contributed by atoms with E-state index in [1.165, 1.54) is 12.5 Å². The summed E-state index contributed by atoms with van der Waals surface area (Å²) in [6, 6.07) is 3.25. The number of rotatable bonds is 5. The summed E-state index contributed by atoms with van der Waals surface area (Å²) < 4.78 is 10.2. The van der Waals surface area contributed by atoms with Crippen molar-refractivity contribution in [2.24, 2.45) is 5.92 Å². The van der Waals surface area contributed by atoms with Gasteiger partial charge in [-0.1, -0.05) is 23.2 Å². The topological polar surface area (TPSA) is 102 Å². The minimum Gasteiger partial charge on any atom is -0.459 e. The summed E-state index contributed by atoms with van der Waals surface area (Å²) in [5.41, 5.74) is 0.589. The van der Waals surface area contributed by atoms with Crippen molar-refractivity contribution in [3.05, 3.63) is 46.0 Å². The third kappa shape index (κ3) is 5.07. The molecule has 1 saturated heterocycles. The van der Waals surface area contributed by atoms with Crippen LogP contribution < -0.4 is 5.32 Å². The van der Waals surface area contributed by atoms with Crippen molar-refractivity contribution < 1.29 is 23.5 Å². The molecule has 10 heteroatoms. The molecular weight excluding hydrogens is 421 g/mol. The van der Waals surface area contributed by atoms with E-state index in [1.54, 1.807) is 24.0 Å². The zero-order chi connectivity index (χ0) is 21.0. The fourth-order valence-electron chi connectivity index (χ4n) is 2.94. The van der Waals surface area contributed by atoms with Gasteiger partial charge in [0.1, 0.15) is 0 Å². The van der Waals surface area contributed by atoms with Crippen LogP contribution in [0, 0.1) is 12.8 Å². The van der Waals surface area contributed by atoms with Gasteiger partial charge < -0.3 is 19.4 Å². The van der Waals surface area contributed by atoms with Crippen molar-refractivity contribution in [2.45, 2.75) is 19.8 Å². The molecule has 29 heavy (non-hydrogen) atoms. The fraction of sp³-hybridized carbons (Fsp3) is 0.368. The molecule has 2 aromatic rings. The van der Waals surface area contributed by atoms with E-state index < -0.39 is 18.5 Å². The minimum atomic E-state index is -0.556. The van der Waals surface area contributed by atoms with Crippen LogP contribution in [-0.4, -0.2) is 47.4 Å². The third-order valence-electron chi connectivity index (χ3n) is 4.65. The maximum atomic E-state index is 12.2. The van der Waals surface area contributed by atoms with Crippen LogP contribution in [-0.2, 0) is 14.3 Å². The highest BCUT2D eigenvalue weighted by Crippen LogP contribution is 2.28. The number of nitrogens with one attached hydrogen (secondary N) is 1. The first-order valence-electron chi connectivity index (χ1n) is 8.96. The highest BCUT2D eigenvalue weighted by molar-refractivity contribution is 6.37. The number of hydrogen-bond acceptors (Lipinski definition) is 6. The van der Waals surface area contributed by atoms with Gasteiger partial charge in [-0.25, -0.2) is 4.98 Å². The van der Waals surface area contributed by atoms with Gasteiger partial charge in [0.05, 0.1) is 22.2 Å². The van der Waals surface area contributed by atoms with E-state index in [0.717, 1.165) is 0 Å². The maximum Gasteiger partial charge on any atom is 0.309 e. The first-order chi connectivity index (χ1) is 13.9. The van der Waals surface area contributed by atoms with Crippen LogP contribution in [0.3, 0.4) is 0 Å². The minimum absolute atomic E-state index is 0.152. The molecule has 0 spiro atoms. The van der Waals surface area contributed by atoms with Gasteiger partial charge in [0.2, 0.25) is 0 Å². The van der Waals surface area contributed by atoms with Crippen molar-refractivity contribution in [3.8, 4) is 0 Å². The molecule has 3 heterocycles. The molecule has 0 saturated carbocycles. The molecule has 2 aromatic heterocycles. The molecule has 1 N–H and O–H groups in total. The Labute approximate surface area is 177 Å². The van der Waals surface area contributed by atoms with E-state index in [1.807, 2.05) is 0 Å². The van der Waals surface area contributed by atoms with Gasteiger partial charge in [0.15, 0.2) is 18.2 Å². The number of piperidine rings is 1. The van der Waals surface area contributed by atoms with Crippen LogP contribution in [0.15, 0.2) is 29.0 Å². The number of carbonyl (C=O) groups excluding carboxylic acids is 3. The van der Waals surface area contributed by atoms with Crippen LogP contribution in [0.1, 0.15) is 29.0 Å². The zero-order valence-corrected chi connectivity index (χ0v) is 17.1. The van der Waals surface area contributed by atoms with Crippen molar-refractivity contribution in [1.82, 2.24) is 9.88 Å². The number of likely N-dealkylation sites (tertiary alicyclic amines) is 1. The Kier molecular flexibility index (Phi) is 6.76. The molecule has 154 valence electrons. The first kappa shape index (κ1) is 21.1. The van der Waals surface area contributed by atoms with Gasteiger partial charge in [0, 0.05) is 19.3 Å². The lowest BCUT2D eigenvalue weighted by atomic mass is 9.97. The van der Waals surface area contributed by atoms with E-state index >= 15 is 0 Å². The molecule has 0 bridgehead atoms. The molecule has 1 aliphatic heterocycles. The summed E-state index contributed by atoms with van der Waals surface area (Å²) in [5, 5.41) is 3.11. The number of pyridine rings is 1. The third-order valence-corrected chi connectivity index (χ3v) is 5.50. The molecule has 0 aromatic carbocycles. The first-order valence-corrected chi connectivity index (χ1v) is 9.72. The molecule has 0 radical (unpaired) electrons. The van der Waals surface area contributed by atoms with E-state index in [9.17, 15) is 14.4 Å². The summed E-state index contributed by atoms with van der Waals surface area (Å²) in [6.07, 6.45) is 3.73. The SMILES string of the molecule is Cc1c(Cl)cnc(NC(=O)COC(=O)C2CCN(C(=O)c3ccco3)CC2)c1Cl. The molecule has 8 nitrogen and oxygen atoms in total. The second-order valence-corrected chi connectivity index (χ2v) is 7.38. The standard InChI is InChI=1S/C19H19Cl2N3O5/c1-11-13(20)9-22-17(16(11)21)23-15(25)10-29-19(27)12-4-6-24(7-5-12)18(26)14-3-2-8-28-14/h2-3,8-9,12H,4-7,10H2,1H3,(H,22,23,25). The monoisotopic (exact) mass is 439 g/mol. The predicted octanol–water partition coefficient (Wildman–Crippen LogP) is 3.32. The smallest absolute Gasteiger partial charge is 0.309 e. The van der Waals surface area contributed by atoms with Crippen molar-refractivity contribution in [1.29, 1.82) is 0 Å². The van der Waals surface area contributed by atoms with Gasteiger partial charge in [-0.05, 0) is 37.5 Å². The number of halogens is 2. The summed E-state index contributed by atoms with van der Waals surface area (Å²) in [5.74, 6) is -1.19. The van der Waals surface area contributed by atoms with Crippen LogP contribution in [0.25, 0.3) is 0 Å².